The van der Waals surface area contributed by atoms with Crippen molar-refractivity contribution in [3.05, 3.63) is 0 Å². The molecule has 2 N–H and O–H groups in total. The third kappa shape index (κ3) is 8.93. The molecule has 0 saturated heterocycles. The second kappa shape index (κ2) is 9.89. The number of aliphatic imine (C=N–C) groups is 1. The van der Waals surface area contributed by atoms with Gasteiger partial charge in [-0.05, 0) is 20.1 Å². The van der Waals surface area contributed by atoms with Gasteiger partial charge in [-0.15, -0.1) is 24.0 Å². The smallest absolute Gasteiger partial charge is 0.191 e. The highest BCUT2D eigenvalue weighted by Gasteiger charge is 2.02. The van der Waals surface area contributed by atoms with E-state index in [4.69, 9.17) is 0 Å². The van der Waals surface area contributed by atoms with E-state index in [1.807, 2.05) is 11.8 Å². The molecule has 0 aromatic carbocycles. The van der Waals surface area contributed by atoms with E-state index in [-0.39, 0.29) is 24.0 Å². The molecule has 0 fully saturated rings. The minimum Gasteiger partial charge on any atom is -0.355 e. The van der Waals surface area contributed by atoms with Crippen molar-refractivity contribution in [2.45, 2.75) is 32.1 Å². The average Bonchev–Trinajstić information content (AvgIpc) is 2.10. The molecular formula is C9H22IN3S. The lowest BCUT2D eigenvalue weighted by atomic mass is 10.4. The lowest BCUT2D eigenvalue weighted by molar-refractivity contribution is 0.697. The Morgan fingerprint density at radius 3 is 2.29 bits per heavy atom. The van der Waals surface area contributed by atoms with Crippen molar-refractivity contribution in [2.75, 3.05) is 19.8 Å². The van der Waals surface area contributed by atoms with Gasteiger partial charge in [-0.25, -0.2) is 0 Å². The van der Waals surface area contributed by atoms with Crippen LogP contribution in [0.1, 0.15) is 20.8 Å². The summed E-state index contributed by atoms with van der Waals surface area (Å²) < 4.78 is 0. The standard InChI is InChI=1S/C9H21N3S.HI/c1-7(2)12-9(10-4)11-6-8(3)13-5;/h7-8H,6H2,1-5H3,(H2,10,11,12);1H. The van der Waals surface area contributed by atoms with Gasteiger partial charge in [-0.1, -0.05) is 6.92 Å². The van der Waals surface area contributed by atoms with Gasteiger partial charge in [0.25, 0.3) is 0 Å². The van der Waals surface area contributed by atoms with E-state index in [0.29, 0.717) is 11.3 Å². The van der Waals surface area contributed by atoms with Gasteiger partial charge in [-0.2, -0.15) is 11.8 Å². The van der Waals surface area contributed by atoms with Gasteiger partial charge in [0.15, 0.2) is 5.96 Å². The van der Waals surface area contributed by atoms with Crippen molar-refractivity contribution >= 4 is 41.7 Å². The van der Waals surface area contributed by atoms with Crippen LogP contribution in [0, 0.1) is 0 Å². The van der Waals surface area contributed by atoms with E-state index in [9.17, 15) is 0 Å². The Morgan fingerprint density at radius 2 is 1.93 bits per heavy atom. The molecule has 5 heteroatoms. The van der Waals surface area contributed by atoms with Crippen LogP contribution in [0.3, 0.4) is 0 Å². The molecule has 1 atom stereocenters. The summed E-state index contributed by atoms with van der Waals surface area (Å²) in [6.07, 6.45) is 2.12. The molecule has 0 aromatic rings. The molecule has 0 saturated carbocycles. The van der Waals surface area contributed by atoms with Crippen molar-refractivity contribution in [3.63, 3.8) is 0 Å². The van der Waals surface area contributed by atoms with Gasteiger partial charge in [0.05, 0.1) is 0 Å². The molecule has 1 unspecified atom stereocenters. The molecule has 0 bridgehead atoms. The number of guanidine groups is 1. The number of rotatable bonds is 4. The van der Waals surface area contributed by atoms with E-state index >= 15 is 0 Å². The fourth-order valence-corrected chi connectivity index (χ4v) is 1.04. The van der Waals surface area contributed by atoms with E-state index in [2.05, 4.69) is 42.7 Å². The highest BCUT2D eigenvalue weighted by molar-refractivity contribution is 14.0. The van der Waals surface area contributed by atoms with Crippen molar-refractivity contribution in [3.8, 4) is 0 Å². The lowest BCUT2D eigenvalue weighted by Crippen LogP contribution is -2.43. The van der Waals surface area contributed by atoms with Crippen molar-refractivity contribution in [1.29, 1.82) is 0 Å². The zero-order chi connectivity index (χ0) is 10.3. The number of halogens is 1. The topological polar surface area (TPSA) is 36.4 Å². The van der Waals surface area contributed by atoms with Gasteiger partial charge >= 0.3 is 0 Å². The molecule has 0 aliphatic carbocycles. The van der Waals surface area contributed by atoms with Crippen LogP contribution in [0.4, 0.5) is 0 Å². The summed E-state index contributed by atoms with van der Waals surface area (Å²) in [5.74, 6) is 0.885. The zero-order valence-electron chi connectivity index (χ0n) is 9.63. The van der Waals surface area contributed by atoms with Crippen molar-refractivity contribution in [1.82, 2.24) is 10.6 Å². The van der Waals surface area contributed by atoms with E-state index in [0.717, 1.165) is 12.5 Å². The molecule has 0 amide bonds. The Balaban J connectivity index is 0. The van der Waals surface area contributed by atoms with Crippen molar-refractivity contribution in [2.24, 2.45) is 4.99 Å². The van der Waals surface area contributed by atoms with E-state index in [1.54, 1.807) is 7.05 Å². The summed E-state index contributed by atoms with van der Waals surface area (Å²) in [7, 11) is 1.79. The number of hydrogen-bond donors (Lipinski definition) is 2. The molecule has 0 aromatic heterocycles. The molecule has 0 aliphatic heterocycles. The maximum atomic E-state index is 4.12. The number of nitrogens with zero attached hydrogens (tertiary/aromatic N) is 1. The lowest BCUT2D eigenvalue weighted by Gasteiger charge is -2.16. The van der Waals surface area contributed by atoms with E-state index < -0.39 is 0 Å². The van der Waals surface area contributed by atoms with Crippen LogP contribution in [0.15, 0.2) is 4.99 Å². The Hall–Kier alpha value is 0.350. The van der Waals surface area contributed by atoms with Crippen LogP contribution in [0.5, 0.6) is 0 Å². The molecule has 0 heterocycles. The molecule has 86 valence electrons. The van der Waals surface area contributed by atoms with Gasteiger partial charge in [0.1, 0.15) is 0 Å². The molecular weight excluding hydrogens is 309 g/mol. The Morgan fingerprint density at radius 1 is 1.36 bits per heavy atom. The van der Waals surface area contributed by atoms with Gasteiger partial charge in [0, 0.05) is 24.9 Å². The maximum absolute atomic E-state index is 4.12. The minimum absolute atomic E-state index is 0. The molecule has 14 heavy (non-hydrogen) atoms. The second-order valence-electron chi connectivity index (χ2n) is 3.30. The summed E-state index contributed by atoms with van der Waals surface area (Å²) in [5.41, 5.74) is 0. The molecule has 0 rings (SSSR count). The SMILES string of the molecule is CN=C(NCC(C)SC)NC(C)C.I. The Bertz CT molecular complexity index is 162. The first kappa shape index (κ1) is 16.8. The summed E-state index contributed by atoms with van der Waals surface area (Å²) in [4.78, 5) is 4.12. The number of nitrogens with one attached hydrogen (secondary N) is 2. The van der Waals surface area contributed by atoms with Gasteiger partial charge in [-0.3, -0.25) is 4.99 Å². The fourth-order valence-electron chi connectivity index (χ4n) is 0.792. The van der Waals surface area contributed by atoms with Crippen molar-refractivity contribution < 1.29 is 0 Å². The van der Waals surface area contributed by atoms with Crippen LogP contribution in [0.2, 0.25) is 0 Å². The normalized spacial score (nSPS) is 13.4. The monoisotopic (exact) mass is 331 g/mol. The van der Waals surface area contributed by atoms with E-state index in [1.165, 1.54) is 0 Å². The summed E-state index contributed by atoms with van der Waals surface area (Å²) >= 11 is 1.85. The number of thioether (sulfide) groups is 1. The van der Waals surface area contributed by atoms with Crippen LogP contribution in [0.25, 0.3) is 0 Å². The third-order valence-corrected chi connectivity index (χ3v) is 2.58. The predicted molar refractivity (Wildman–Crippen MR) is 78.0 cm³/mol. The first-order chi connectivity index (χ1) is 6.10. The molecule has 3 nitrogen and oxygen atoms in total. The number of hydrogen-bond acceptors (Lipinski definition) is 2. The highest BCUT2D eigenvalue weighted by Crippen LogP contribution is 2.02. The highest BCUT2D eigenvalue weighted by atomic mass is 127. The largest absolute Gasteiger partial charge is 0.355 e. The van der Waals surface area contributed by atoms with Crippen LogP contribution < -0.4 is 10.6 Å². The van der Waals surface area contributed by atoms with Gasteiger partial charge < -0.3 is 10.6 Å². The predicted octanol–water partition coefficient (Wildman–Crippen LogP) is 1.93. The van der Waals surface area contributed by atoms with Gasteiger partial charge in [0.2, 0.25) is 0 Å². The summed E-state index contributed by atoms with van der Waals surface area (Å²) in [5, 5.41) is 7.12. The quantitative estimate of drug-likeness (QED) is 0.470. The fraction of sp³-hybridized carbons (Fsp3) is 0.889. The maximum Gasteiger partial charge on any atom is 0.191 e. The second-order valence-corrected chi connectivity index (χ2v) is 4.57. The summed E-state index contributed by atoms with van der Waals surface area (Å²) in [6.45, 7) is 7.35. The van der Waals surface area contributed by atoms with Crippen LogP contribution in [-0.4, -0.2) is 37.1 Å². The molecule has 0 spiro atoms. The minimum atomic E-state index is 0. The third-order valence-electron chi connectivity index (χ3n) is 1.61. The first-order valence-electron chi connectivity index (χ1n) is 4.60. The average molecular weight is 331 g/mol. The van der Waals surface area contributed by atoms with Crippen LogP contribution >= 0.6 is 35.7 Å². The zero-order valence-corrected chi connectivity index (χ0v) is 12.8. The molecule has 0 radical (unpaired) electrons. The molecule has 0 aliphatic rings. The summed E-state index contributed by atoms with van der Waals surface area (Å²) in [6, 6.07) is 0.427. The first-order valence-corrected chi connectivity index (χ1v) is 5.89. The van der Waals surface area contributed by atoms with Crippen LogP contribution in [-0.2, 0) is 0 Å². The Kier molecular flexibility index (Phi) is 11.8. The Labute approximate surface area is 109 Å².